The molecule has 0 saturated carbocycles. The Labute approximate surface area is 189 Å². The molecule has 0 aliphatic carbocycles. The number of aliphatic hydroxyl groups is 2. The summed E-state index contributed by atoms with van der Waals surface area (Å²) in [5.41, 5.74) is 3.13. The van der Waals surface area contributed by atoms with Gasteiger partial charge in [0.25, 0.3) is 11.8 Å². The number of fused-ring (bicyclic) bond motifs is 1. The van der Waals surface area contributed by atoms with Crippen LogP contribution < -0.4 is 5.32 Å². The lowest BCUT2D eigenvalue weighted by molar-refractivity contribution is 0.0681. The Morgan fingerprint density at radius 2 is 1.82 bits per heavy atom. The fourth-order valence-corrected chi connectivity index (χ4v) is 3.59. The number of nitrogens with zero attached hydrogens (tertiary/aromatic N) is 5. The molecule has 33 heavy (non-hydrogen) atoms. The first-order valence-electron chi connectivity index (χ1n) is 10.4. The maximum atomic E-state index is 13.1. The van der Waals surface area contributed by atoms with Crippen LogP contribution in [0.1, 0.15) is 20.8 Å². The minimum atomic E-state index is -0.509. The average Bonchev–Trinajstić information content (AvgIpc) is 3.42. The van der Waals surface area contributed by atoms with Crippen molar-refractivity contribution in [3.8, 4) is 11.3 Å². The molecular formula is C23H24N6O4. The number of hydrogen-bond donors (Lipinski definition) is 3. The van der Waals surface area contributed by atoms with Gasteiger partial charge in [-0.1, -0.05) is 30.3 Å². The summed E-state index contributed by atoms with van der Waals surface area (Å²) in [6.07, 6.45) is 5.01. The molecule has 0 unspecified atom stereocenters. The third kappa shape index (κ3) is 4.61. The van der Waals surface area contributed by atoms with E-state index in [1.165, 1.54) is 15.8 Å². The van der Waals surface area contributed by atoms with E-state index in [9.17, 15) is 19.8 Å². The first kappa shape index (κ1) is 22.2. The zero-order valence-corrected chi connectivity index (χ0v) is 18.0. The van der Waals surface area contributed by atoms with E-state index in [1.807, 2.05) is 40.9 Å². The molecule has 0 atom stereocenters. The number of carbonyl (C=O) groups excluding carboxylic acids is 2. The van der Waals surface area contributed by atoms with Gasteiger partial charge >= 0.3 is 0 Å². The molecule has 4 aromatic rings. The van der Waals surface area contributed by atoms with Crippen molar-refractivity contribution < 1.29 is 19.8 Å². The molecule has 0 bridgehead atoms. The van der Waals surface area contributed by atoms with Crippen LogP contribution in [-0.2, 0) is 7.05 Å². The number of aliphatic hydroxyl groups excluding tert-OH is 2. The Balaban J connectivity index is 1.58. The van der Waals surface area contributed by atoms with Gasteiger partial charge in [-0.05, 0) is 6.07 Å². The Morgan fingerprint density at radius 3 is 2.52 bits per heavy atom. The van der Waals surface area contributed by atoms with E-state index >= 15 is 0 Å². The maximum absolute atomic E-state index is 13.1. The van der Waals surface area contributed by atoms with Gasteiger partial charge in [0.05, 0.1) is 30.7 Å². The Morgan fingerprint density at radius 1 is 1.09 bits per heavy atom. The van der Waals surface area contributed by atoms with Crippen LogP contribution >= 0.6 is 0 Å². The number of amides is 2. The summed E-state index contributed by atoms with van der Waals surface area (Å²) in [5, 5.41) is 25.3. The van der Waals surface area contributed by atoms with Crippen molar-refractivity contribution in [1.29, 1.82) is 0 Å². The highest BCUT2D eigenvalue weighted by Gasteiger charge is 2.26. The number of carbonyl (C=O) groups is 2. The van der Waals surface area contributed by atoms with Gasteiger partial charge in [0.15, 0.2) is 0 Å². The summed E-state index contributed by atoms with van der Waals surface area (Å²) in [6.45, 7) is -0.447. The molecule has 4 rings (SSSR count). The number of rotatable bonds is 8. The molecule has 3 heterocycles. The molecule has 10 nitrogen and oxygen atoms in total. The second-order valence-corrected chi connectivity index (χ2v) is 7.40. The van der Waals surface area contributed by atoms with E-state index in [4.69, 9.17) is 0 Å². The summed E-state index contributed by atoms with van der Waals surface area (Å²) < 4.78 is 3.18. The predicted octanol–water partition coefficient (Wildman–Crippen LogP) is 1.41. The lowest BCUT2D eigenvalue weighted by Crippen LogP contribution is -2.36. The smallest absolute Gasteiger partial charge is 0.274 e. The van der Waals surface area contributed by atoms with Crippen molar-refractivity contribution in [2.75, 3.05) is 31.6 Å². The van der Waals surface area contributed by atoms with Gasteiger partial charge < -0.3 is 24.8 Å². The topological polar surface area (TPSA) is 125 Å². The molecular weight excluding hydrogens is 424 g/mol. The zero-order chi connectivity index (χ0) is 23.4. The number of aryl methyl sites for hydroxylation is 1. The van der Waals surface area contributed by atoms with Crippen LogP contribution in [0.4, 0.5) is 5.69 Å². The second kappa shape index (κ2) is 9.63. The Hall–Kier alpha value is -4.02. The number of pyridine rings is 1. The Bertz CT molecular complexity index is 1270. The number of anilines is 1. The molecule has 2 amide bonds. The van der Waals surface area contributed by atoms with E-state index in [2.05, 4.69) is 15.4 Å². The fraction of sp³-hybridized carbons (Fsp3) is 0.217. The summed E-state index contributed by atoms with van der Waals surface area (Å²) in [4.78, 5) is 31.8. The highest BCUT2D eigenvalue weighted by Crippen LogP contribution is 2.21. The lowest BCUT2D eigenvalue weighted by Gasteiger charge is -2.20. The van der Waals surface area contributed by atoms with Crippen molar-refractivity contribution >= 4 is 23.1 Å². The van der Waals surface area contributed by atoms with Gasteiger partial charge in [-0.15, -0.1) is 0 Å². The number of aromatic nitrogens is 4. The second-order valence-electron chi connectivity index (χ2n) is 7.40. The van der Waals surface area contributed by atoms with Crippen LogP contribution in [0.2, 0.25) is 0 Å². The normalized spacial score (nSPS) is 11.0. The predicted molar refractivity (Wildman–Crippen MR) is 122 cm³/mol. The molecule has 10 heteroatoms. The number of hydrogen-bond acceptors (Lipinski definition) is 6. The number of imidazole rings is 1. The van der Waals surface area contributed by atoms with Crippen molar-refractivity contribution in [3.05, 3.63) is 72.3 Å². The van der Waals surface area contributed by atoms with Gasteiger partial charge in [-0.2, -0.15) is 5.10 Å². The molecule has 0 aliphatic heterocycles. The van der Waals surface area contributed by atoms with Gasteiger partial charge in [0.1, 0.15) is 11.3 Å². The van der Waals surface area contributed by atoms with E-state index in [1.54, 1.807) is 25.4 Å². The third-order valence-electron chi connectivity index (χ3n) is 5.20. The molecule has 0 saturated heterocycles. The largest absolute Gasteiger partial charge is 0.395 e. The van der Waals surface area contributed by atoms with Crippen molar-refractivity contribution in [1.82, 2.24) is 24.1 Å². The molecule has 170 valence electrons. The van der Waals surface area contributed by atoms with E-state index in [-0.39, 0.29) is 37.6 Å². The summed E-state index contributed by atoms with van der Waals surface area (Å²) in [7, 11) is 1.57. The van der Waals surface area contributed by atoms with Gasteiger partial charge in [0.2, 0.25) is 0 Å². The lowest BCUT2D eigenvalue weighted by atomic mass is 10.2. The quantitative estimate of drug-likeness (QED) is 0.374. The summed E-state index contributed by atoms with van der Waals surface area (Å²) in [5.74, 6) is -1.00. The molecule has 0 aliphatic rings. The Kier molecular flexibility index (Phi) is 6.48. The third-order valence-corrected chi connectivity index (χ3v) is 5.20. The van der Waals surface area contributed by atoms with Crippen molar-refractivity contribution in [2.24, 2.45) is 7.05 Å². The maximum Gasteiger partial charge on any atom is 0.274 e. The van der Waals surface area contributed by atoms with Crippen molar-refractivity contribution in [3.63, 3.8) is 0 Å². The van der Waals surface area contributed by atoms with Crippen LogP contribution in [0, 0.1) is 0 Å². The van der Waals surface area contributed by atoms with Crippen LogP contribution in [0.5, 0.6) is 0 Å². The fourth-order valence-electron chi connectivity index (χ4n) is 3.59. The monoisotopic (exact) mass is 448 g/mol. The first-order chi connectivity index (χ1) is 16.0. The average molecular weight is 448 g/mol. The summed E-state index contributed by atoms with van der Waals surface area (Å²) >= 11 is 0. The van der Waals surface area contributed by atoms with Gasteiger partial charge in [-0.3, -0.25) is 14.3 Å². The molecule has 3 N–H and O–H groups in total. The SMILES string of the molecule is Cn1ncc(C(=O)N(CCO)CCO)c1C(=O)Nc1ccn2cc(-c3ccccc3)nc2c1. The molecule has 0 spiro atoms. The van der Waals surface area contributed by atoms with E-state index < -0.39 is 11.8 Å². The molecule has 0 fully saturated rings. The van der Waals surface area contributed by atoms with Crippen LogP contribution in [0.25, 0.3) is 16.9 Å². The first-order valence-corrected chi connectivity index (χ1v) is 10.4. The van der Waals surface area contributed by atoms with E-state index in [0.717, 1.165) is 11.3 Å². The highest BCUT2D eigenvalue weighted by atomic mass is 16.3. The van der Waals surface area contributed by atoms with Gasteiger partial charge in [-0.25, -0.2) is 4.98 Å². The standard InChI is InChI=1S/C23H24N6O4/c1-27-21(18(14-24-27)23(33)28(9-11-30)10-12-31)22(32)25-17-7-8-29-15-19(26-20(29)13-17)16-5-3-2-4-6-16/h2-8,13-15,30-31H,9-12H2,1H3,(H,25,32). The van der Waals surface area contributed by atoms with Crippen LogP contribution in [0.3, 0.4) is 0 Å². The molecule has 3 aromatic heterocycles. The minimum Gasteiger partial charge on any atom is -0.395 e. The number of nitrogens with one attached hydrogen (secondary N) is 1. The van der Waals surface area contributed by atoms with E-state index in [0.29, 0.717) is 11.3 Å². The number of benzene rings is 1. The van der Waals surface area contributed by atoms with Crippen LogP contribution in [-0.4, -0.2) is 72.4 Å². The molecule has 1 aromatic carbocycles. The molecule has 0 radical (unpaired) electrons. The summed E-state index contributed by atoms with van der Waals surface area (Å²) in [6, 6.07) is 13.3. The minimum absolute atomic E-state index is 0.0373. The highest BCUT2D eigenvalue weighted by molar-refractivity contribution is 6.11. The van der Waals surface area contributed by atoms with Crippen molar-refractivity contribution in [2.45, 2.75) is 0 Å². The van der Waals surface area contributed by atoms with Gasteiger partial charge in [0, 0.05) is 49.8 Å². The zero-order valence-electron chi connectivity index (χ0n) is 18.0. The van der Waals surface area contributed by atoms with Crippen LogP contribution in [0.15, 0.2) is 61.1 Å².